The first-order chi connectivity index (χ1) is 11.8. The summed E-state index contributed by atoms with van der Waals surface area (Å²) in [4.78, 5) is 12.7. The molecule has 0 spiro atoms. The zero-order valence-electron chi connectivity index (χ0n) is 15.6. The molecule has 0 heterocycles. The van der Waals surface area contributed by atoms with E-state index in [1.54, 1.807) is 7.11 Å². The molecule has 4 heteroatoms. The Hall–Kier alpha value is -2.49. The van der Waals surface area contributed by atoms with Crippen LogP contribution in [-0.2, 0) is 10.2 Å². The first-order valence-electron chi connectivity index (χ1n) is 8.56. The Labute approximate surface area is 150 Å². The topological polar surface area (TPSA) is 47.6 Å². The Kier molecular flexibility index (Phi) is 6.07. The number of carbonyl (C=O) groups is 1. The van der Waals surface area contributed by atoms with Gasteiger partial charge in [-0.05, 0) is 41.7 Å². The number of benzene rings is 2. The molecule has 0 aliphatic rings. The largest absolute Gasteiger partial charge is 0.495 e. The van der Waals surface area contributed by atoms with Gasteiger partial charge in [0.1, 0.15) is 11.5 Å². The number of nitrogens with one attached hydrogen (secondary N) is 1. The predicted molar refractivity (Wildman–Crippen MR) is 101 cm³/mol. The van der Waals surface area contributed by atoms with Crippen LogP contribution in [0, 0.1) is 0 Å². The molecule has 0 saturated heterocycles. The highest BCUT2D eigenvalue weighted by Crippen LogP contribution is 2.31. The second-order valence-corrected chi connectivity index (χ2v) is 6.98. The van der Waals surface area contributed by atoms with Gasteiger partial charge in [0.15, 0.2) is 6.10 Å². The molecule has 0 aromatic heterocycles. The summed E-state index contributed by atoms with van der Waals surface area (Å²) in [6, 6.07) is 15.2. The SMILES string of the molecule is CC[C@@H](Oc1ccccc1)C(=O)Nc1cc(C(C)(C)C)ccc1OC. The lowest BCUT2D eigenvalue weighted by Crippen LogP contribution is -2.32. The maximum absolute atomic E-state index is 12.7. The summed E-state index contributed by atoms with van der Waals surface area (Å²) in [5.41, 5.74) is 1.77. The molecular formula is C21H27NO3. The van der Waals surface area contributed by atoms with Crippen molar-refractivity contribution in [3.8, 4) is 11.5 Å². The van der Waals surface area contributed by atoms with Gasteiger partial charge in [-0.25, -0.2) is 0 Å². The van der Waals surface area contributed by atoms with Crippen molar-refractivity contribution in [3.05, 3.63) is 54.1 Å². The van der Waals surface area contributed by atoms with Crippen molar-refractivity contribution >= 4 is 11.6 Å². The maximum Gasteiger partial charge on any atom is 0.265 e. The monoisotopic (exact) mass is 341 g/mol. The molecule has 25 heavy (non-hydrogen) atoms. The Bertz CT molecular complexity index is 705. The van der Waals surface area contributed by atoms with Crippen LogP contribution >= 0.6 is 0 Å². The lowest BCUT2D eigenvalue weighted by molar-refractivity contribution is -0.122. The Morgan fingerprint density at radius 3 is 2.36 bits per heavy atom. The van der Waals surface area contributed by atoms with E-state index >= 15 is 0 Å². The van der Waals surface area contributed by atoms with Crippen LogP contribution in [0.5, 0.6) is 11.5 Å². The van der Waals surface area contributed by atoms with E-state index in [4.69, 9.17) is 9.47 Å². The molecule has 0 radical (unpaired) electrons. The fourth-order valence-corrected chi connectivity index (χ4v) is 2.47. The molecule has 0 bridgehead atoms. The number of hydrogen-bond donors (Lipinski definition) is 1. The van der Waals surface area contributed by atoms with Gasteiger partial charge in [0, 0.05) is 0 Å². The van der Waals surface area contributed by atoms with Crippen molar-refractivity contribution in [2.24, 2.45) is 0 Å². The number of amides is 1. The molecule has 1 amide bonds. The molecule has 0 aliphatic heterocycles. The second kappa shape index (κ2) is 8.06. The third kappa shape index (κ3) is 4.99. The number of rotatable bonds is 6. The van der Waals surface area contributed by atoms with Gasteiger partial charge in [-0.2, -0.15) is 0 Å². The molecule has 0 fully saturated rings. The Morgan fingerprint density at radius 2 is 1.80 bits per heavy atom. The van der Waals surface area contributed by atoms with Crippen LogP contribution < -0.4 is 14.8 Å². The fraction of sp³-hybridized carbons (Fsp3) is 0.381. The summed E-state index contributed by atoms with van der Waals surface area (Å²) < 4.78 is 11.2. The van der Waals surface area contributed by atoms with Crippen LogP contribution in [-0.4, -0.2) is 19.1 Å². The average molecular weight is 341 g/mol. The number of hydrogen-bond acceptors (Lipinski definition) is 3. The molecule has 2 rings (SSSR count). The summed E-state index contributed by atoms with van der Waals surface area (Å²) in [5, 5.41) is 2.96. The number of methoxy groups -OCH3 is 1. The van der Waals surface area contributed by atoms with Crippen LogP contribution in [0.15, 0.2) is 48.5 Å². The van der Waals surface area contributed by atoms with Crippen LogP contribution in [0.2, 0.25) is 0 Å². The summed E-state index contributed by atoms with van der Waals surface area (Å²) in [5.74, 6) is 1.13. The maximum atomic E-state index is 12.7. The minimum atomic E-state index is -0.564. The van der Waals surface area contributed by atoms with Crippen LogP contribution in [0.3, 0.4) is 0 Å². The normalized spacial score (nSPS) is 12.4. The number of anilines is 1. The highest BCUT2D eigenvalue weighted by atomic mass is 16.5. The van der Waals surface area contributed by atoms with E-state index in [2.05, 4.69) is 26.1 Å². The zero-order chi connectivity index (χ0) is 18.4. The molecule has 1 atom stereocenters. The highest BCUT2D eigenvalue weighted by molar-refractivity contribution is 5.95. The van der Waals surface area contributed by atoms with Crippen molar-refractivity contribution in [2.75, 3.05) is 12.4 Å². The predicted octanol–water partition coefficient (Wildman–Crippen LogP) is 4.79. The van der Waals surface area contributed by atoms with Gasteiger partial charge in [0.05, 0.1) is 12.8 Å². The smallest absolute Gasteiger partial charge is 0.265 e. The van der Waals surface area contributed by atoms with Crippen molar-refractivity contribution < 1.29 is 14.3 Å². The summed E-state index contributed by atoms with van der Waals surface area (Å²) in [6.45, 7) is 8.32. The van der Waals surface area contributed by atoms with E-state index in [0.29, 0.717) is 23.6 Å². The van der Waals surface area contributed by atoms with Gasteiger partial charge < -0.3 is 14.8 Å². The molecule has 134 valence electrons. The highest BCUT2D eigenvalue weighted by Gasteiger charge is 2.21. The van der Waals surface area contributed by atoms with Crippen molar-refractivity contribution in [3.63, 3.8) is 0 Å². The molecule has 4 nitrogen and oxygen atoms in total. The van der Waals surface area contributed by atoms with Crippen molar-refractivity contribution in [1.82, 2.24) is 0 Å². The van der Waals surface area contributed by atoms with Crippen molar-refractivity contribution in [1.29, 1.82) is 0 Å². The van der Waals surface area contributed by atoms with Gasteiger partial charge >= 0.3 is 0 Å². The van der Waals surface area contributed by atoms with Gasteiger partial charge in [-0.3, -0.25) is 4.79 Å². The molecule has 2 aromatic rings. The lowest BCUT2D eigenvalue weighted by atomic mass is 9.87. The number of carbonyl (C=O) groups excluding carboxylic acids is 1. The summed E-state index contributed by atoms with van der Waals surface area (Å²) in [6.07, 6.45) is 0.00699. The molecule has 0 unspecified atom stereocenters. The van der Waals surface area contributed by atoms with Crippen LogP contribution in [0.4, 0.5) is 5.69 Å². The average Bonchev–Trinajstić information content (AvgIpc) is 2.59. The molecule has 0 aliphatic carbocycles. The van der Waals surface area contributed by atoms with E-state index in [9.17, 15) is 4.79 Å². The molecular weight excluding hydrogens is 314 g/mol. The third-order valence-corrected chi connectivity index (χ3v) is 4.01. The second-order valence-electron chi connectivity index (χ2n) is 6.98. The Balaban J connectivity index is 2.20. The van der Waals surface area contributed by atoms with Crippen LogP contribution in [0.25, 0.3) is 0 Å². The number of para-hydroxylation sites is 1. The first-order valence-corrected chi connectivity index (χ1v) is 8.56. The first kappa shape index (κ1) is 18.8. The standard InChI is InChI=1S/C21H27NO3/c1-6-18(25-16-10-8-7-9-11-16)20(23)22-17-14-15(21(2,3)4)12-13-19(17)24-5/h7-14,18H,6H2,1-5H3,(H,22,23)/t18-/m1/s1. The Morgan fingerprint density at radius 1 is 1.12 bits per heavy atom. The van der Waals surface area contributed by atoms with E-state index in [0.717, 1.165) is 5.56 Å². The van der Waals surface area contributed by atoms with Crippen molar-refractivity contribution in [2.45, 2.75) is 45.6 Å². The third-order valence-electron chi connectivity index (χ3n) is 4.01. The fourth-order valence-electron chi connectivity index (χ4n) is 2.47. The van der Waals surface area contributed by atoms with Gasteiger partial charge in [0.25, 0.3) is 5.91 Å². The van der Waals surface area contributed by atoms with E-state index in [1.807, 2.05) is 55.5 Å². The van der Waals surface area contributed by atoms with E-state index in [-0.39, 0.29) is 11.3 Å². The minimum Gasteiger partial charge on any atom is -0.495 e. The number of ether oxygens (including phenoxy) is 2. The molecule has 1 N–H and O–H groups in total. The van der Waals surface area contributed by atoms with E-state index < -0.39 is 6.10 Å². The zero-order valence-corrected chi connectivity index (χ0v) is 15.6. The molecule has 0 saturated carbocycles. The quantitative estimate of drug-likeness (QED) is 0.822. The summed E-state index contributed by atoms with van der Waals surface area (Å²) in [7, 11) is 1.60. The van der Waals surface area contributed by atoms with Gasteiger partial charge in [0.2, 0.25) is 0 Å². The minimum absolute atomic E-state index is 0.0174. The van der Waals surface area contributed by atoms with E-state index in [1.165, 1.54) is 0 Å². The lowest BCUT2D eigenvalue weighted by Gasteiger charge is -2.22. The summed E-state index contributed by atoms with van der Waals surface area (Å²) >= 11 is 0. The molecule has 2 aromatic carbocycles. The van der Waals surface area contributed by atoms with Gasteiger partial charge in [-0.15, -0.1) is 0 Å². The van der Waals surface area contributed by atoms with Gasteiger partial charge in [-0.1, -0.05) is 52.0 Å². The van der Waals surface area contributed by atoms with Crippen LogP contribution in [0.1, 0.15) is 39.7 Å².